The first kappa shape index (κ1) is 19.6. The number of carbonyl (C=O) groups is 2. The number of ether oxygens (including phenoxy) is 2. The maximum Gasteiger partial charge on any atom is 0.415 e. The van der Waals surface area contributed by atoms with Crippen LogP contribution in [0, 0.1) is 0 Å². The van der Waals surface area contributed by atoms with Gasteiger partial charge in [-0.1, -0.05) is 11.6 Å². The molecule has 0 N–H and O–H groups in total. The van der Waals surface area contributed by atoms with Crippen molar-refractivity contribution in [3.05, 3.63) is 23.0 Å². The van der Waals surface area contributed by atoms with E-state index in [-0.39, 0.29) is 29.3 Å². The van der Waals surface area contributed by atoms with Crippen molar-refractivity contribution in [2.45, 2.75) is 51.7 Å². The topological polar surface area (TPSA) is 86.0 Å². The van der Waals surface area contributed by atoms with Crippen LogP contribution < -0.4 is 4.90 Å². The van der Waals surface area contributed by atoms with Crippen molar-refractivity contribution >= 4 is 34.9 Å². The number of carbonyl (C=O) groups excluding carboxylic acids is 2. The largest absolute Gasteiger partial charge is 0.443 e. The summed E-state index contributed by atoms with van der Waals surface area (Å²) < 4.78 is 12.4. The Bertz CT molecular complexity index is 870. The van der Waals surface area contributed by atoms with Gasteiger partial charge in [0.25, 0.3) is 0 Å². The van der Waals surface area contributed by atoms with Gasteiger partial charge in [0, 0.05) is 13.1 Å². The summed E-state index contributed by atoms with van der Waals surface area (Å²) in [6.07, 6.45) is 4.10. The number of rotatable bonds is 5. The molecule has 9 heteroatoms. The molecule has 146 valence electrons. The van der Waals surface area contributed by atoms with Gasteiger partial charge >= 0.3 is 6.09 Å². The molecule has 3 rings (SSSR count). The van der Waals surface area contributed by atoms with E-state index in [4.69, 9.17) is 21.1 Å². The number of amides is 1. The van der Waals surface area contributed by atoms with Crippen LogP contribution in [-0.4, -0.2) is 51.8 Å². The summed E-state index contributed by atoms with van der Waals surface area (Å²) in [5, 5.41) is 4.35. The molecule has 0 aromatic carbocycles. The normalized spacial score (nSPS) is 14.9. The SMILES string of the molecule is CN(C(=O)OC(C)(C)C)c1cc(Cl)nc2c(C(=O)COC3CCC3)cnn12. The lowest BCUT2D eigenvalue weighted by Crippen LogP contribution is -2.35. The van der Waals surface area contributed by atoms with E-state index < -0.39 is 11.7 Å². The van der Waals surface area contributed by atoms with Crippen LogP contribution in [0.15, 0.2) is 12.3 Å². The van der Waals surface area contributed by atoms with Crippen molar-refractivity contribution in [2.24, 2.45) is 0 Å². The van der Waals surface area contributed by atoms with E-state index in [9.17, 15) is 9.59 Å². The van der Waals surface area contributed by atoms with E-state index in [1.165, 1.54) is 21.7 Å². The standard InChI is InChI=1S/C18H23ClN4O4/c1-18(2,3)27-17(25)22(4)15-8-14(19)21-16-12(9-20-23(15)16)13(24)10-26-11-6-5-7-11/h8-9,11H,5-7,10H2,1-4H3. The molecule has 2 aromatic heterocycles. The highest BCUT2D eigenvalue weighted by molar-refractivity contribution is 6.30. The van der Waals surface area contributed by atoms with Gasteiger partial charge in [-0.25, -0.2) is 9.78 Å². The zero-order valence-electron chi connectivity index (χ0n) is 15.9. The number of Topliss-reactive ketones (excluding diaryl/α,β-unsaturated/α-hetero) is 1. The second-order valence-electron chi connectivity index (χ2n) is 7.56. The first-order chi connectivity index (χ1) is 12.7. The zero-order valence-corrected chi connectivity index (χ0v) is 16.6. The average molecular weight is 395 g/mol. The molecular formula is C18H23ClN4O4. The number of nitrogens with zero attached hydrogens (tertiary/aromatic N) is 4. The molecule has 1 amide bonds. The maximum absolute atomic E-state index is 12.5. The molecule has 8 nitrogen and oxygen atoms in total. The van der Waals surface area contributed by atoms with Crippen molar-refractivity contribution in [1.82, 2.24) is 14.6 Å². The van der Waals surface area contributed by atoms with Gasteiger partial charge in [0.1, 0.15) is 23.2 Å². The Morgan fingerprint density at radius 1 is 1.37 bits per heavy atom. The number of anilines is 1. The molecule has 1 aliphatic carbocycles. The Labute approximate surface area is 162 Å². The molecule has 1 fully saturated rings. The van der Waals surface area contributed by atoms with Crippen LogP contribution in [-0.2, 0) is 9.47 Å². The van der Waals surface area contributed by atoms with Crippen molar-refractivity contribution in [1.29, 1.82) is 0 Å². The molecule has 2 heterocycles. The predicted molar refractivity (Wildman–Crippen MR) is 101 cm³/mol. The van der Waals surface area contributed by atoms with E-state index in [0.717, 1.165) is 19.3 Å². The molecule has 0 radical (unpaired) electrons. The summed E-state index contributed by atoms with van der Waals surface area (Å²) >= 11 is 6.12. The van der Waals surface area contributed by atoms with Gasteiger partial charge in [0.2, 0.25) is 0 Å². The third-order valence-electron chi connectivity index (χ3n) is 4.24. The van der Waals surface area contributed by atoms with Gasteiger partial charge < -0.3 is 9.47 Å². The van der Waals surface area contributed by atoms with Gasteiger partial charge in [-0.15, -0.1) is 0 Å². The minimum absolute atomic E-state index is 0.0303. The molecule has 0 bridgehead atoms. The first-order valence-electron chi connectivity index (χ1n) is 8.81. The van der Waals surface area contributed by atoms with Crippen molar-refractivity contribution in [3.63, 3.8) is 0 Å². The third-order valence-corrected chi connectivity index (χ3v) is 4.43. The van der Waals surface area contributed by atoms with Crippen molar-refractivity contribution < 1.29 is 19.1 Å². The van der Waals surface area contributed by atoms with E-state index in [0.29, 0.717) is 11.4 Å². The van der Waals surface area contributed by atoms with E-state index in [2.05, 4.69) is 10.1 Å². The van der Waals surface area contributed by atoms with Crippen LogP contribution in [0.4, 0.5) is 10.6 Å². The summed E-state index contributed by atoms with van der Waals surface area (Å²) in [5.41, 5.74) is -0.0726. The van der Waals surface area contributed by atoms with Gasteiger partial charge in [-0.2, -0.15) is 9.61 Å². The molecule has 0 saturated heterocycles. The van der Waals surface area contributed by atoms with E-state index in [1.807, 2.05) is 0 Å². The van der Waals surface area contributed by atoms with Gasteiger partial charge in [-0.05, 0) is 40.0 Å². The fourth-order valence-corrected chi connectivity index (χ4v) is 2.76. The summed E-state index contributed by atoms with van der Waals surface area (Å²) in [4.78, 5) is 30.4. The summed E-state index contributed by atoms with van der Waals surface area (Å²) in [6.45, 7) is 5.30. The molecular weight excluding hydrogens is 372 g/mol. The quantitative estimate of drug-likeness (QED) is 0.569. The van der Waals surface area contributed by atoms with Crippen LogP contribution in [0.3, 0.4) is 0 Å². The Kier molecular flexibility index (Phi) is 5.39. The Morgan fingerprint density at radius 2 is 2.07 bits per heavy atom. The highest BCUT2D eigenvalue weighted by Crippen LogP contribution is 2.25. The second-order valence-corrected chi connectivity index (χ2v) is 7.94. The van der Waals surface area contributed by atoms with Crippen LogP contribution in [0.25, 0.3) is 5.65 Å². The molecule has 0 unspecified atom stereocenters. The highest BCUT2D eigenvalue weighted by Gasteiger charge is 2.25. The summed E-state index contributed by atoms with van der Waals surface area (Å²) in [7, 11) is 1.54. The van der Waals surface area contributed by atoms with Crippen LogP contribution in [0.5, 0.6) is 0 Å². The molecule has 0 spiro atoms. The Hall–Kier alpha value is -2.19. The first-order valence-corrected chi connectivity index (χ1v) is 9.19. The minimum atomic E-state index is -0.647. The van der Waals surface area contributed by atoms with Crippen LogP contribution in [0.2, 0.25) is 5.15 Å². The molecule has 27 heavy (non-hydrogen) atoms. The van der Waals surface area contributed by atoms with Crippen molar-refractivity contribution in [2.75, 3.05) is 18.6 Å². The highest BCUT2D eigenvalue weighted by atomic mass is 35.5. The lowest BCUT2D eigenvalue weighted by atomic mass is 9.96. The van der Waals surface area contributed by atoms with E-state index >= 15 is 0 Å². The predicted octanol–water partition coefficient (Wildman–Crippen LogP) is 3.51. The number of aromatic nitrogens is 3. The lowest BCUT2D eigenvalue weighted by Gasteiger charge is -2.25. The second kappa shape index (κ2) is 7.44. The third kappa shape index (κ3) is 4.39. The number of halogens is 1. The fourth-order valence-electron chi connectivity index (χ4n) is 2.59. The molecule has 1 saturated carbocycles. The molecule has 2 aromatic rings. The van der Waals surface area contributed by atoms with E-state index in [1.54, 1.807) is 27.8 Å². The minimum Gasteiger partial charge on any atom is -0.443 e. The molecule has 0 atom stereocenters. The number of ketones is 1. The van der Waals surface area contributed by atoms with Gasteiger partial charge in [0.05, 0.1) is 17.9 Å². The Balaban J connectivity index is 1.87. The van der Waals surface area contributed by atoms with Gasteiger partial charge in [0.15, 0.2) is 11.4 Å². The lowest BCUT2D eigenvalue weighted by molar-refractivity contribution is 0.00737. The molecule has 1 aliphatic rings. The van der Waals surface area contributed by atoms with Crippen LogP contribution >= 0.6 is 11.6 Å². The average Bonchev–Trinajstić information content (AvgIpc) is 2.93. The monoisotopic (exact) mass is 394 g/mol. The Morgan fingerprint density at radius 3 is 2.67 bits per heavy atom. The fraction of sp³-hybridized carbons (Fsp3) is 0.556. The zero-order chi connectivity index (χ0) is 19.8. The summed E-state index contributed by atoms with van der Waals surface area (Å²) in [6, 6.07) is 1.49. The summed E-state index contributed by atoms with van der Waals surface area (Å²) in [5.74, 6) is 0.121. The molecule has 0 aliphatic heterocycles. The number of hydrogen-bond donors (Lipinski definition) is 0. The van der Waals surface area contributed by atoms with Crippen molar-refractivity contribution in [3.8, 4) is 0 Å². The number of fused-ring (bicyclic) bond motifs is 1. The van der Waals surface area contributed by atoms with Gasteiger partial charge in [-0.3, -0.25) is 9.69 Å². The smallest absolute Gasteiger partial charge is 0.415 e. The number of hydrogen-bond acceptors (Lipinski definition) is 6. The van der Waals surface area contributed by atoms with Crippen LogP contribution in [0.1, 0.15) is 50.4 Å². The maximum atomic E-state index is 12.5.